The molecule has 1 fully saturated rings. The predicted molar refractivity (Wildman–Crippen MR) is 153 cm³/mol. The molecule has 0 saturated carbocycles. The largest absolute Gasteiger partial charge is 0.342 e. The van der Waals surface area contributed by atoms with Crippen molar-refractivity contribution < 1.29 is 9.59 Å². The first-order valence-electron chi connectivity index (χ1n) is 12.8. The molecule has 3 aromatic rings. The van der Waals surface area contributed by atoms with E-state index >= 15 is 0 Å². The molecule has 192 valence electrons. The highest BCUT2D eigenvalue weighted by Gasteiger charge is 2.36. The molecule has 1 aromatic heterocycles. The average molecular weight is 525 g/mol. The minimum atomic E-state index is -0.469. The van der Waals surface area contributed by atoms with Crippen molar-refractivity contribution in [2.24, 2.45) is 10.1 Å². The predicted octanol–water partition coefficient (Wildman–Crippen LogP) is 5.27. The average Bonchev–Trinajstić information content (AvgIpc) is 3.45. The summed E-state index contributed by atoms with van der Waals surface area (Å²) < 4.78 is 2.15. The van der Waals surface area contributed by atoms with Gasteiger partial charge >= 0.3 is 0 Å². The summed E-state index contributed by atoms with van der Waals surface area (Å²) >= 11 is 1.20. The van der Waals surface area contributed by atoms with Crippen molar-refractivity contribution in [2.75, 3.05) is 13.1 Å². The lowest BCUT2D eigenvalue weighted by Crippen LogP contribution is -2.36. The van der Waals surface area contributed by atoms with Crippen molar-refractivity contribution in [1.29, 1.82) is 5.41 Å². The lowest BCUT2D eigenvalue weighted by Gasteiger charge is -2.26. The monoisotopic (exact) mass is 524 g/mol. The second kappa shape index (κ2) is 9.72. The van der Waals surface area contributed by atoms with E-state index in [2.05, 4.69) is 45.0 Å². The fourth-order valence-electron chi connectivity index (χ4n) is 5.29. The molecule has 0 aliphatic carbocycles. The second-order valence-electron chi connectivity index (χ2n) is 9.83. The molecule has 0 radical (unpaired) electrons. The minimum absolute atomic E-state index is 0.0246. The molecule has 0 atom stereocenters. The van der Waals surface area contributed by atoms with Gasteiger partial charge in [-0.3, -0.25) is 15.0 Å². The van der Waals surface area contributed by atoms with Gasteiger partial charge < -0.3 is 9.47 Å². The summed E-state index contributed by atoms with van der Waals surface area (Å²) in [6.45, 7) is 5.59. The summed E-state index contributed by atoms with van der Waals surface area (Å²) in [6.07, 6.45) is 5.09. The summed E-state index contributed by atoms with van der Waals surface area (Å²) in [4.78, 5) is 31.8. The maximum atomic E-state index is 13.0. The number of aliphatic imine (C=N–C) groups is 1. The Balaban J connectivity index is 1.27. The number of carbonyl (C=O) groups is 2. The number of hydrazone groups is 1. The molecule has 1 saturated heterocycles. The Morgan fingerprint density at radius 1 is 1.05 bits per heavy atom. The number of hydrogen-bond acceptors (Lipinski definition) is 5. The van der Waals surface area contributed by atoms with Gasteiger partial charge in [0.2, 0.25) is 11.1 Å². The summed E-state index contributed by atoms with van der Waals surface area (Å²) in [5.41, 5.74) is 4.06. The fraction of sp³-hybridized carbons (Fsp3) is 0.276. The number of piperidine rings is 1. The maximum absolute atomic E-state index is 13.0. The number of carbonyl (C=O) groups excluding carboxylic acids is 2. The van der Waals surface area contributed by atoms with Gasteiger partial charge in [-0.15, -0.1) is 0 Å². The first-order chi connectivity index (χ1) is 18.4. The van der Waals surface area contributed by atoms with Crippen LogP contribution in [0.5, 0.6) is 0 Å². The van der Waals surface area contributed by atoms with Crippen molar-refractivity contribution >= 4 is 56.5 Å². The van der Waals surface area contributed by atoms with Crippen molar-refractivity contribution in [3.63, 3.8) is 0 Å². The number of nitrogens with zero attached hydrogens (tertiary/aromatic N) is 5. The zero-order valence-electron chi connectivity index (χ0n) is 21.4. The van der Waals surface area contributed by atoms with Crippen LogP contribution in [0.15, 0.2) is 64.2 Å². The molecule has 2 amide bonds. The Morgan fingerprint density at radius 3 is 2.61 bits per heavy atom. The number of thioether (sulfide) groups is 1. The van der Waals surface area contributed by atoms with E-state index in [1.165, 1.54) is 22.2 Å². The Morgan fingerprint density at radius 2 is 1.82 bits per heavy atom. The van der Waals surface area contributed by atoms with Crippen molar-refractivity contribution in [1.82, 2.24) is 14.5 Å². The Bertz CT molecular complexity index is 1590. The van der Waals surface area contributed by atoms with Gasteiger partial charge in [-0.05, 0) is 85.5 Å². The van der Waals surface area contributed by atoms with Crippen molar-refractivity contribution in [3.05, 3.63) is 71.1 Å². The zero-order valence-corrected chi connectivity index (χ0v) is 22.2. The van der Waals surface area contributed by atoms with Crippen LogP contribution in [0.3, 0.4) is 0 Å². The van der Waals surface area contributed by atoms with E-state index in [4.69, 9.17) is 5.41 Å². The van der Waals surface area contributed by atoms with Gasteiger partial charge in [0, 0.05) is 30.2 Å². The van der Waals surface area contributed by atoms with Crippen LogP contribution in [0, 0.1) is 19.3 Å². The highest BCUT2D eigenvalue weighted by atomic mass is 32.2. The number of aryl methyl sites for hydroxylation is 1. The number of amides is 2. The topological polar surface area (TPSA) is 94.1 Å². The molecule has 8 nitrogen and oxygen atoms in total. The molecule has 38 heavy (non-hydrogen) atoms. The Labute approximate surface area is 225 Å². The Hall–Kier alpha value is -3.98. The molecule has 0 spiro atoms. The highest BCUT2D eigenvalue weighted by molar-refractivity contribution is 8.27. The van der Waals surface area contributed by atoms with E-state index in [1.54, 1.807) is 6.08 Å². The van der Waals surface area contributed by atoms with Crippen LogP contribution in [-0.4, -0.2) is 55.4 Å². The lowest BCUT2D eigenvalue weighted by atomic mass is 10.1. The number of benzene rings is 2. The number of fused-ring (bicyclic) bond motifs is 2. The Kier molecular flexibility index (Phi) is 6.23. The van der Waals surface area contributed by atoms with Gasteiger partial charge in [-0.1, -0.05) is 30.3 Å². The van der Waals surface area contributed by atoms with Crippen LogP contribution < -0.4 is 0 Å². The maximum Gasteiger partial charge on any atom is 0.283 e. The molecule has 2 aromatic carbocycles. The quantitative estimate of drug-likeness (QED) is 0.471. The molecule has 9 heteroatoms. The van der Waals surface area contributed by atoms with Crippen LogP contribution >= 0.6 is 11.8 Å². The molecule has 3 aliphatic rings. The van der Waals surface area contributed by atoms with E-state index in [9.17, 15) is 9.59 Å². The summed E-state index contributed by atoms with van der Waals surface area (Å²) in [5.74, 6) is -0.461. The van der Waals surface area contributed by atoms with Gasteiger partial charge in [0.25, 0.3) is 5.91 Å². The SMILES string of the molecule is Cc1cc(/C=C2\C(=N)N3N=C(CC(=O)N4CCCCC4)SC3=NC2=O)c(C)n1-c1ccc2ccccc2c1. The smallest absolute Gasteiger partial charge is 0.283 e. The zero-order chi connectivity index (χ0) is 26.4. The van der Waals surface area contributed by atoms with E-state index in [-0.39, 0.29) is 23.7 Å². The second-order valence-corrected chi connectivity index (χ2v) is 10.9. The fourth-order valence-corrected chi connectivity index (χ4v) is 6.17. The van der Waals surface area contributed by atoms with E-state index < -0.39 is 5.91 Å². The lowest BCUT2D eigenvalue weighted by molar-refractivity contribution is -0.130. The van der Waals surface area contributed by atoms with Gasteiger partial charge in [-0.25, -0.2) is 0 Å². The first-order valence-corrected chi connectivity index (χ1v) is 13.7. The number of hydrogen-bond donors (Lipinski definition) is 1. The van der Waals surface area contributed by atoms with Crippen LogP contribution in [-0.2, 0) is 9.59 Å². The first kappa shape index (κ1) is 24.4. The van der Waals surface area contributed by atoms with Crippen LogP contribution in [0.1, 0.15) is 42.6 Å². The van der Waals surface area contributed by atoms with Gasteiger partial charge in [0.05, 0.1) is 12.0 Å². The third kappa shape index (κ3) is 4.36. The molecule has 0 unspecified atom stereocenters. The number of amidine groups is 2. The summed E-state index contributed by atoms with van der Waals surface area (Å²) in [7, 11) is 0. The molecule has 4 heterocycles. The van der Waals surface area contributed by atoms with Crippen molar-refractivity contribution in [3.8, 4) is 5.69 Å². The molecular formula is C29H28N6O2S. The normalized spacial score (nSPS) is 18.7. The van der Waals surface area contributed by atoms with Crippen LogP contribution in [0.2, 0.25) is 0 Å². The minimum Gasteiger partial charge on any atom is -0.342 e. The summed E-state index contributed by atoms with van der Waals surface area (Å²) in [5, 5.41) is 17.8. The van der Waals surface area contributed by atoms with Crippen LogP contribution in [0.25, 0.3) is 22.5 Å². The number of likely N-dealkylation sites (tertiary alicyclic amines) is 1. The molecule has 1 N–H and O–H groups in total. The van der Waals surface area contributed by atoms with E-state index in [1.807, 2.05) is 36.9 Å². The van der Waals surface area contributed by atoms with Crippen LogP contribution in [0.4, 0.5) is 0 Å². The number of rotatable bonds is 4. The highest BCUT2D eigenvalue weighted by Crippen LogP contribution is 2.31. The molecule has 6 rings (SSSR count). The number of aromatic nitrogens is 1. The van der Waals surface area contributed by atoms with Gasteiger partial charge in [0.15, 0.2) is 5.84 Å². The third-order valence-electron chi connectivity index (χ3n) is 7.27. The third-order valence-corrected chi connectivity index (χ3v) is 8.18. The summed E-state index contributed by atoms with van der Waals surface area (Å²) in [6, 6.07) is 16.6. The van der Waals surface area contributed by atoms with Gasteiger partial charge in [0.1, 0.15) is 5.04 Å². The van der Waals surface area contributed by atoms with Crippen molar-refractivity contribution in [2.45, 2.75) is 39.5 Å². The van der Waals surface area contributed by atoms with E-state index in [0.717, 1.165) is 60.4 Å². The molecule has 3 aliphatic heterocycles. The molecule has 0 bridgehead atoms. The van der Waals surface area contributed by atoms with Gasteiger partial charge in [-0.2, -0.15) is 15.1 Å². The standard InChI is InChI=1S/C29H28N6O2S/c1-18-14-22(19(2)34(18)23-11-10-20-8-4-5-9-21(20)15-23)16-24-27(30)35-29(31-28(24)37)38-25(32-35)17-26(36)33-12-6-3-7-13-33/h4-5,8-11,14-16,30H,3,6-7,12-13,17H2,1-2H3/b24-16+,30-27?. The number of nitrogens with one attached hydrogen (secondary N) is 1. The van der Waals surface area contributed by atoms with E-state index in [0.29, 0.717) is 10.2 Å². The molecular weight excluding hydrogens is 496 g/mol.